The third-order valence-corrected chi connectivity index (χ3v) is 4.33. The predicted molar refractivity (Wildman–Crippen MR) is 84.7 cm³/mol. The SMILES string of the molecule is Cc1cc(C(=O)N(C)CC(C)C#N)c(C)n1C1CCCOC1. The first-order valence-corrected chi connectivity index (χ1v) is 7.87. The molecule has 0 aromatic carbocycles. The molecule has 2 unspecified atom stereocenters. The summed E-state index contributed by atoms with van der Waals surface area (Å²) in [6, 6.07) is 4.45. The van der Waals surface area contributed by atoms with E-state index in [1.165, 1.54) is 0 Å². The van der Waals surface area contributed by atoms with E-state index < -0.39 is 0 Å². The number of nitrogens with zero attached hydrogens (tertiary/aromatic N) is 3. The highest BCUT2D eigenvalue weighted by atomic mass is 16.5. The van der Waals surface area contributed by atoms with Crippen LogP contribution in [-0.2, 0) is 4.74 Å². The standard InChI is InChI=1S/C17H25N3O2/c1-12(9-18)10-19(4)17(21)16-8-13(2)20(14(16)3)15-6-5-7-22-11-15/h8,12,15H,5-7,10-11H2,1-4H3. The molecule has 0 spiro atoms. The van der Waals surface area contributed by atoms with Gasteiger partial charge in [0.05, 0.1) is 30.2 Å². The zero-order chi connectivity index (χ0) is 16.3. The van der Waals surface area contributed by atoms with Crippen LogP contribution in [0.15, 0.2) is 6.07 Å². The van der Waals surface area contributed by atoms with Crippen LogP contribution in [0.4, 0.5) is 0 Å². The van der Waals surface area contributed by atoms with E-state index >= 15 is 0 Å². The van der Waals surface area contributed by atoms with Gasteiger partial charge in [0, 0.05) is 31.6 Å². The van der Waals surface area contributed by atoms with Crippen molar-refractivity contribution in [2.75, 3.05) is 26.8 Å². The van der Waals surface area contributed by atoms with Crippen LogP contribution in [0.2, 0.25) is 0 Å². The summed E-state index contributed by atoms with van der Waals surface area (Å²) in [5.41, 5.74) is 2.82. The quantitative estimate of drug-likeness (QED) is 0.859. The molecule has 1 aromatic rings. The number of nitriles is 1. The molecule has 0 aliphatic carbocycles. The molecule has 0 bridgehead atoms. The molecular weight excluding hydrogens is 278 g/mol. The number of amides is 1. The molecule has 1 aromatic heterocycles. The summed E-state index contributed by atoms with van der Waals surface area (Å²) in [5, 5.41) is 8.90. The highest BCUT2D eigenvalue weighted by Crippen LogP contribution is 2.27. The fourth-order valence-electron chi connectivity index (χ4n) is 3.22. The van der Waals surface area contributed by atoms with Gasteiger partial charge in [-0.05, 0) is 39.7 Å². The zero-order valence-electron chi connectivity index (χ0n) is 13.9. The van der Waals surface area contributed by atoms with Crippen LogP contribution in [0.5, 0.6) is 0 Å². The molecular formula is C17H25N3O2. The maximum atomic E-state index is 12.6. The Bertz CT molecular complexity index is 579. The number of ether oxygens (including phenoxy) is 1. The van der Waals surface area contributed by atoms with Crippen LogP contribution in [0, 0.1) is 31.1 Å². The van der Waals surface area contributed by atoms with Gasteiger partial charge in [-0.1, -0.05) is 0 Å². The van der Waals surface area contributed by atoms with Crippen LogP contribution in [0.25, 0.3) is 0 Å². The van der Waals surface area contributed by atoms with E-state index in [2.05, 4.69) is 10.6 Å². The van der Waals surface area contributed by atoms with Crippen molar-refractivity contribution in [1.82, 2.24) is 9.47 Å². The zero-order valence-corrected chi connectivity index (χ0v) is 13.9. The van der Waals surface area contributed by atoms with Gasteiger partial charge >= 0.3 is 0 Å². The molecule has 2 atom stereocenters. The van der Waals surface area contributed by atoms with Gasteiger partial charge in [-0.25, -0.2) is 0 Å². The number of hydrogen-bond acceptors (Lipinski definition) is 3. The van der Waals surface area contributed by atoms with Gasteiger partial charge in [0.1, 0.15) is 0 Å². The average molecular weight is 303 g/mol. The van der Waals surface area contributed by atoms with Crippen molar-refractivity contribution >= 4 is 5.91 Å². The van der Waals surface area contributed by atoms with Crippen LogP contribution in [0.1, 0.15) is 47.6 Å². The van der Waals surface area contributed by atoms with Crippen molar-refractivity contribution in [2.24, 2.45) is 5.92 Å². The molecule has 0 N–H and O–H groups in total. The second-order valence-electron chi connectivity index (χ2n) is 6.24. The van der Waals surface area contributed by atoms with Crippen molar-refractivity contribution in [3.63, 3.8) is 0 Å². The van der Waals surface area contributed by atoms with Crippen molar-refractivity contribution in [3.8, 4) is 6.07 Å². The third-order valence-electron chi connectivity index (χ3n) is 4.33. The second kappa shape index (κ2) is 6.97. The second-order valence-corrected chi connectivity index (χ2v) is 6.24. The van der Waals surface area contributed by atoms with Crippen molar-refractivity contribution in [1.29, 1.82) is 5.26 Å². The molecule has 1 amide bonds. The Labute approximate surface area is 132 Å². The lowest BCUT2D eigenvalue weighted by Gasteiger charge is -2.26. The molecule has 2 rings (SSSR count). The van der Waals surface area contributed by atoms with Gasteiger partial charge in [-0.2, -0.15) is 5.26 Å². The van der Waals surface area contributed by atoms with Crippen LogP contribution in [0.3, 0.4) is 0 Å². The van der Waals surface area contributed by atoms with E-state index in [0.29, 0.717) is 19.2 Å². The van der Waals surface area contributed by atoms with E-state index in [9.17, 15) is 4.79 Å². The monoisotopic (exact) mass is 303 g/mol. The van der Waals surface area contributed by atoms with Gasteiger partial charge in [-0.3, -0.25) is 4.79 Å². The highest BCUT2D eigenvalue weighted by Gasteiger charge is 2.24. The lowest BCUT2D eigenvalue weighted by molar-refractivity contribution is 0.0578. The summed E-state index contributed by atoms with van der Waals surface area (Å²) in [6.45, 7) is 7.85. The van der Waals surface area contributed by atoms with E-state index in [0.717, 1.165) is 36.4 Å². The summed E-state index contributed by atoms with van der Waals surface area (Å²) in [7, 11) is 1.76. The summed E-state index contributed by atoms with van der Waals surface area (Å²) in [4.78, 5) is 14.3. The van der Waals surface area contributed by atoms with Crippen molar-refractivity contribution < 1.29 is 9.53 Å². The maximum absolute atomic E-state index is 12.6. The molecule has 0 saturated carbocycles. The molecule has 0 radical (unpaired) electrons. The number of carbonyl (C=O) groups excluding carboxylic acids is 1. The van der Waals surface area contributed by atoms with Gasteiger partial charge < -0.3 is 14.2 Å². The number of hydrogen-bond donors (Lipinski definition) is 0. The molecule has 1 saturated heterocycles. The third kappa shape index (κ3) is 3.33. The van der Waals surface area contributed by atoms with Crippen LogP contribution in [-0.4, -0.2) is 42.2 Å². The number of carbonyl (C=O) groups is 1. The predicted octanol–water partition coefficient (Wildman–Crippen LogP) is 2.69. The topological polar surface area (TPSA) is 58.3 Å². The lowest BCUT2D eigenvalue weighted by atomic mass is 10.1. The summed E-state index contributed by atoms with van der Waals surface area (Å²) >= 11 is 0. The fourth-order valence-corrected chi connectivity index (χ4v) is 3.22. The number of rotatable bonds is 4. The maximum Gasteiger partial charge on any atom is 0.255 e. The average Bonchev–Trinajstić information content (AvgIpc) is 2.81. The van der Waals surface area contributed by atoms with Crippen LogP contribution < -0.4 is 0 Å². The summed E-state index contributed by atoms with van der Waals surface area (Å²) in [6.07, 6.45) is 2.15. The molecule has 1 aliphatic heterocycles. The summed E-state index contributed by atoms with van der Waals surface area (Å²) < 4.78 is 7.81. The van der Waals surface area contributed by atoms with Gasteiger partial charge in [0.15, 0.2) is 0 Å². The molecule has 1 fully saturated rings. The Balaban J connectivity index is 2.22. The highest BCUT2D eigenvalue weighted by molar-refractivity contribution is 5.95. The molecule has 120 valence electrons. The van der Waals surface area contributed by atoms with E-state index in [-0.39, 0.29) is 11.8 Å². The van der Waals surface area contributed by atoms with E-state index in [4.69, 9.17) is 10.00 Å². The van der Waals surface area contributed by atoms with Crippen molar-refractivity contribution in [3.05, 3.63) is 23.0 Å². The van der Waals surface area contributed by atoms with Gasteiger partial charge in [0.25, 0.3) is 5.91 Å². The Morgan fingerprint density at radius 2 is 2.32 bits per heavy atom. The normalized spacial score (nSPS) is 19.5. The first-order chi connectivity index (χ1) is 10.5. The smallest absolute Gasteiger partial charge is 0.255 e. The Hall–Kier alpha value is -1.80. The van der Waals surface area contributed by atoms with Crippen molar-refractivity contribution in [2.45, 2.75) is 39.7 Å². The Morgan fingerprint density at radius 1 is 1.59 bits per heavy atom. The lowest BCUT2D eigenvalue weighted by Crippen LogP contribution is -2.31. The molecule has 2 heterocycles. The summed E-state index contributed by atoms with van der Waals surface area (Å²) in [5.74, 6) is -0.178. The molecule has 5 nitrogen and oxygen atoms in total. The largest absolute Gasteiger partial charge is 0.379 e. The minimum atomic E-state index is -0.163. The van der Waals surface area contributed by atoms with Gasteiger partial charge in [0.2, 0.25) is 0 Å². The van der Waals surface area contributed by atoms with E-state index in [1.54, 1.807) is 11.9 Å². The van der Waals surface area contributed by atoms with Gasteiger partial charge in [-0.15, -0.1) is 0 Å². The Kier molecular flexibility index (Phi) is 5.25. The van der Waals surface area contributed by atoms with Crippen LogP contribution >= 0.6 is 0 Å². The minimum absolute atomic E-state index is 0.0156. The molecule has 22 heavy (non-hydrogen) atoms. The number of aryl methyl sites for hydroxylation is 1. The number of aromatic nitrogens is 1. The Morgan fingerprint density at radius 3 is 2.91 bits per heavy atom. The minimum Gasteiger partial charge on any atom is -0.379 e. The first-order valence-electron chi connectivity index (χ1n) is 7.87. The molecule has 5 heteroatoms. The first kappa shape index (κ1) is 16.6. The van der Waals surface area contributed by atoms with E-state index in [1.807, 2.05) is 26.8 Å². The fraction of sp³-hybridized carbons (Fsp3) is 0.647. The molecule has 1 aliphatic rings.